The zero-order valence-corrected chi connectivity index (χ0v) is 15.2. The lowest BCUT2D eigenvalue weighted by Crippen LogP contribution is -2.51. The summed E-state index contributed by atoms with van der Waals surface area (Å²) in [6, 6.07) is 15.7. The SMILES string of the molecule is CC(O/N=C(\N)c1ccc(F)cc1)C(=O)N1CCN(c2ccccc2)CC1. The highest BCUT2D eigenvalue weighted by Gasteiger charge is 2.26. The number of amidine groups is 1. The Balaban J connectivity index is 1.52. The zero-order chi connectivity index (χ0) is 19.2. The predicted molar refractivity (Wildman–Crippen MR) is 103 cm³/mol. The molecule has 27 heavy (non-hydrogen) atoms. The van der Waals surface area contributed by atoms with E-state index in [-0.39, 0.29) is 17.6 Å². The van der Waals surface area contributed by atoms with Gasteiger partial charge in [0.05, 0.1) is 0 Å². The van der Waals surface area contributed by atoms with Crippen LogP contribution in [0.15, 0.2) is 59.8 Å². The van der Waals surface area contributed by atoms with E-state index in [9.17, 15) is 9.18 Å². The highest BCUT2D eigenvalue weighted by molar-refractivity contribution is 5.97. The maximum absolute atomic E-state index is 12.9. The first-order chi connectivity index (χ1) is 13.0. The lowest BCUT2D eigenvalue weighted by Gasteiger charge is -2.36. The van der Waals surface area contributed by atoms with E-state index in [4.69, 9.17) is 10.6 Å². The van der Waals surface area contributed by atoms with Crippen molar-refractivity contribution in [3.05, 3.63) is 66.0 Å². The fourth-order valence-electron chi connectivity index (χ4n) is 2.94. The molecule has 0 saturated carbocycles. The summed E-state index contributed by atoms with van der Waals surface area (Å²) in [4.78, 5) is 21.9. The predicted octanol–water partition coefficient (Wildman–Crippen LogP) is 2.20. The number of hydrogen-bond donors (Lipinski definition) is 1. The Morgan fingerprint density at radius 3 is 2.33 bits per heavy atom. The van der Waals surface area contributed by atoms with Gasteiger partial charge in [-0.3, -0.25) is 4.79 Å². The van der Waals surface area contributed by atoms with Crippen molar-refractivity contribution >= 4 is 17.4 Å². The zero-order valence-electron chi connectivity index (χ0n) is 15.2. The van der Waals surface area contributed by atoms with Crippen LogP contribution in [-0.2, 0) is 9.63 Å². The second-order valence-electron chi connectivity index (χ2n) is 6.38. The van der Waals surface area contributed by atoms with Gasteiger partial charge >= 0.3 is 0 Å². The van der Waals surface area contributed by atoms with Gasteiger partial charge in [-0.25, -0.2) is 4.39 Å². The molecule has 2 aromatic rings. The molecule has 1 fully saturated rings. The highest BCUT2D eigenvalue weighted by Crippen LogP contribution is 2.16. The van der Waals surface area contributed by atoms with E-state index < -0.39 is 6.10 Å². The molecule has 0 bridgehead atoms. The van der Waals surface area contributed by atoms with Crippen LogP contribution in [0.5, 0.6) is 0 Å². The second kappa shape index (κ2) is 8.53. The highest BCUT2D eigenvalue weighted by atomic mass is 19.1. The summed E-state index contributed by atoms with van der Waals surface area (Å²) >= 11 is 0. The number of amides is 1. The van der Waals surface area contributed by atoms with Crippen LogP contribution in [0, 0.1) is 5.82 Å². The van der Waals surface area contributed by atoms with Gasteiger partial charge in [0.15, 0.2) is 5.84 Å². The van der Waals surface area contributed by atoms with Crippen LogP contribution in [0.1, 0.15) is 12.5 Å². The van der Waals surface area contributed by atoms with Crippen molar-refractivity contribution in [3.8, 4) is 0 Å². The average molecular weight is 370 g/mol. The summed E-state index contributed by atoms with van der Waals surface area (Å²) in [7, 11) is 0. The molecule has 6 nitrogen and oxygen atoms in total. The molecule has 142 valence electrons. The Morgan fingerprint density at radius 2 is 1.70 bits per heavy atom. The van der Waals surface area contributed by atoms with E-state index in [2.05, 4.69) is 22.2 Å². The number of halogens is 1. The van der Waals surface area contributed by atoms with Gasteiger partial charge in [-0.05, 0) is 43.3 Å². The molecular formula is C20H23FN4O2. The van der Waals surface area contributed by atoms with Crippen molar-refractivity contribution in [2.24, 2.45) is 10.9 Å². The lowest BCUT2D eigenvalue weighted by atomic mass is 10.2. The van der Waals surface area contributed by atoms with Crippen LogP contribution in [0.25, 0.3) is 0 Å². The van der Waals surface area contributed by atoms with Crippen LogP contribution in [0.3, 0.4) is 0 Å². The standard InChI is InChI=1S/C20H23FN4O2/c1-15(27-23-19(22)16-7-9-17(21)10-8-16)20(26)25-13-11-24(12-14-25)18-5-3-2-4-6-18/h2-10,15H,11-14H2,1H3,(H2,22,23). The Kier molecular flexibility index (Phi) is 5.90. The van der Waals surface area contributed by atoms with Crippen molar-refractivity contribution in [1.29, 1.82) is 0 Å². The summed E-state index contributed by atoms with van der Waals surface area (Å²) in [6.07, 6.45) is -0.743. The molecule has 7 heteroatoms. The Labute approximate surface area is 158 Å². The molecule has 1 aliphatic rings. The fourth-order valence-corrected chi connectivity index (χ4v) is 2.94. The third kappa shape index (κ3) is 4.75. The molecule has 1 saturated heterocycles. The van der Waals surface area contributed by atoms with Gasteiger partial charge in [0.25, 0.3) is 5.91 Å². The molecule has 0 aliphatic carbocycles. The van der Waals surface area contributed by atoms with Crippen molar-refractivity contribution in [2.75, 3.05) is 31.1 Å². The van der Waals surface area contributed by atoms with E-state index in [1.807, 2.05) is 18.2 Å². The topological polar surface area (TPSA) is 71.2 Å². The number of oxime groups is 1. The number of nitrogens with zero attached hydrogens (tertiary/aromatic N) is 3. The summed E-state index contributed by atoms with van der Waals surface area (Å²) in [6.45, 7) is 4.43. The first-order valence-corrected chi connectivity index (χ1v) is 8.88. The van der Waals surface area contributed by atoms with Crippen molar-refractivity contribution < 1.29 is 14.0 Å². The minimum atomic E-state index is -0.743. The summed E-state index contributed by atoms with van der Waals surface area (Å²) in [5.41, 5.74) is 7.52. The number of nitrogens with two attached hydrogens (primary N) is 1. The number of para-hydroxylation sites is 1. The smallest absolute Gasteiger partial charge is 0.266 e. The molecule has 1 unspecified atom stereocenters. The molecule has 2 N–H and O–H groups in total. The number of hydrogen-bond acceptors (Lipinski definition) is 4. The van der Waals surface area contributed by atoms with Gasteiger partial charge in [-0.2, -0.15) is 0 Å². The number of carbonyl (C=O) groups excluding carboxylic acids is 1. The van der Waals surface area contributed by atoms with E-state index in [0.717, 1.165) is 18.8 Å². The lowest BCUT2D eigenvalue weighted by molar-refractivity contribution is -0.142. The maximum Gasteiger partial charge on any atom is 0.266 e. The molecule has 3 rings (SSSR count). The van der Waals surface area contributed by atoms with Gasteiger partial charge in [0.2, 0.25) is 6.10 Å². The van der Waals surface area contributed by atoms with E-state index in [1.165, 1.54) is 24.3 Å². The van der Waals surface area contributed by atoms with E-state index >= 15 is 0 Å². The number of carbonyl (C=O) groups is 1. The van der Waals surface area contributed by atoms with Gasteiger partial charge in [-0.1, -0.05) is 23.4 Å². The molecule has 1 aliphatic heterocycles. The first kappa shape index (κ1) is 18.7. The minimum absolute atomic E-state index is 0.101. The van der Waals surface area contributed by atoms with Crippen LogP contribution in [0.4, 0.5) is 10.1 Å². The monoisotopic (exact) mass is 370 g/mol. The van der Waals surface area contributed by atoms with Gasteiger partial charge in [-0.15, -0.1) is 0 Å². The summed E-state index contributed by atoms with van der Waals surface area (Å²) < 4.78 is 12.9. The number of benzene rings is 2. The molecule has 0 spiro atoms. The molecule has 0 radical (unpaired) electrons. The van der Waals surface area contributed by atoms with Gasteiger partial charge < -0.3 is 20.4 Å². The van der Waals surface area contributed by atoms with Crippen LogP contribution >= 0.6 is 0 Å². The minimum Gasteiger partial charge on any atom is -0.381 e. The molecule has 1 atom stereocenters. The Bertz CT molecular complexity index is 787. The molecule has 1 heterocycles. The van der Waals surface area contributed by atoms with E-state index in [1.54, 1.807) is 11.8 Å². The molecular weight excluding hydrogens is 347 g/mol. The summed E-state index contributed by atoms with van der Waals surface area (Å²) in [5, 5.41) is 3.82. The third-order valence-corrected chi connectivity index (χ3v) is 4.51. The molecule has 0 aromatic heterocycles. The van der Waals surface area contributed by atoms with Crippen LogP contribution in [0.2, 0.25) is 0 Å². The maximum atomic E-state index is 12.9. The molecule has 1 amide bonds. The number of piperazine rings is 1. The molecule has 2 aromatic carbocycles. The normalized spacial score (nSPS) is 16.1. The van der Waals surface area contributed by atoms with Crippen molar-refractivity contribution in [2.45, 2.75) is 13.0 Å². The Morgan fingerprint density at radius 1 is 1.07 bits per heavy atom. The largest absolute Gasteiger partial charge is 0.381 e. The Hall–Kier alpha value is -3.09. The fraction of sp³-hybridized carbons (Fsp3) is 0.300. The van der Waals surface area contributed by atoms with Crippen LogP contribution < -0.4 is 10.6 Å². The van der Waals surface area contributed by atoms with Crippen molar-refractivity contribution in [1.82, 2.24) is 4.90 Å². The van der Waals surface area contributed by atoms with Gasteiger partial charge in [0, 0.05) is 37.4 Å². The van der Waals surface area contributed by atoms with Crippen molar-refractivity contribution in [3.63, 3.8) is 0 Å². The first-order valence-electron chi connectivity index (χ1n) is 8.88. The van der Waals surface area contributed by atoms with Gasteiger partial charge in [0.1, 0.15) is 5.82 Å². The van der Waals surface area contributed by atoms with E-state index in [0.29, 0.717) is 18.7 Å². The average Bonchev–Trinajstić information content (AvgIpc) is 2.72. The number of rotatable bonds is 5. The second-order valence-corrected chi connectivity index (χ2v) is 6.38. The quantitative estimate of drug-likeness (QED) is 0.498. The third-order valence-electron chi connectivity index (χ3n) is 4.51. The summed E-state index contributed by atoms with van der Waals surface area (Å²) in [5.74, 6) is -0.382. The van der Waals surface area contributed by atoms with Crippen LogP contribution in [-0.4, -0.2) is 48.9 Å². The number of anilines is 1.